The van der Waals surface area contributed by atoms with Gasteiger partial charge in [-0.15, -0.1) is 0 Å². The SMILES string of the molecule is N#Cc1cc(-c2ccc(-n3c4ccc(N(c5ccccc5)c5ccccc5)cc4c4cc(N(c5ccccc5)c5ccccc5)ccc43)cc2)cc(C#N)c1-c1cc(-c2ccccc2)nc(-c2ccccc2)n1. The predicted molar refractivity (Wildman–Crippen MR) is 297 cm³/mol. The molecule has 0 aliphatic heterocycles. The van der Waals surface area contributed by atoms with Gasteiger partial charge in [-0.1, -0.05) is 146 Å². The van der Waals surface area contributed by atoms with Crippen LogP contribution in [0, 0.1) is 22.7 Å². The molecule has 0 bridgehead atoms. The molecule has 0 radical (unpaired) electrons. The normalized spacial score (nSPS) is 11.0. The zero-order valence-electron chi connectivity index (χ0n) is 39.5. The van der Waals surface area contributed by atoms with Gasteiger partial charge in [0.2, 0.25) is 0 Å². The Morgan fingerprint density at radius 3 is 1.15 bits per heavy atom. The molecule has 73 heavy (non-hydrogen) atoms. The monoisotopic (exact) mass is 933 g/mol. The summed E-state index contributed by atoms with van der Waals surface area (Å²) in [6, 6.07) is 93.8. The van der Waals surface area contributed by atoms with Crippen LogP contribution in [0.1, 0.15) is 11.1 Å². The molecule has 0 unspecified atom stereocenters. The highest BCUT2D eigenvalue weighted by Crippen LogP contribution is 2.43. The highest BCUT2D eigenvalue weighted by Gasteiger charge is 2.22. The molecule has 0 amide bonds. The van der Waals surface area contributed by atoms with E-state index in [0.29, 0.717) is 33.9 Å². The molecule has 0 spiro atoms. The van der Waals surface area contributed by atoms with Gasteiger partial charge in [0, 0.05) is 67.3 Å². The third kappa shape index (κ3) is 8.40. The molecule has 2 heterocycles. The summed E-state index contributed by atoms with van der Waals surface area (Å²) < 4.78 is 2.32. The van der Waals surface area contributed by atoms with E-state index in [1.807, 2.05) is 103 Å². The summed E-state index contributed by atoms with van der Waals surface area (Å²) in [6.07, 6.45) is 0. The minimum Gasteiger partial charge on any atom is -0.310 e. The molecule has 0 aliphatic rings. The fraction of sp³-hybridized carbons (Fsp3) is 0. The van der Waals surface area contributed by atoms with E-state index in [2.05, 4.69) is 184 Å². The predicted octanol–water partition coefficient (Wildman–Crippen LogP) is 16.9. The molecular formula is C66H43N7. The minimum atomic E-state index is 0.351. The Kier molecular flexibility index (Phi) is 11.6. The third-order valence-corrected chi connectivity index (χ3v) is 13.2. The number of fused-ring (bicyclic) bond motifs is 3. The van der Waals surface area contributed by atoms with Crippen LogP contribution >= 0.6 is 0 Å². The van der Waals surface area contributed by atoms with Crippen molar-refractivity contribution in [1.82, 2.24) is 14.5 Å². The third-order valence-electron chi connectivity index (χ3n) is 13.2. The molecule has 10 aromatic carbocycles. The van der Waals surface area contributed by atoms with E-state index in [4.69, 9.17) is 9.97 Å². The summed E-state index contributed by atoms with van der Waals surface area (Å²) >= 11 is 0. The molecule has 0 saturated carbocycles. The van der Waals surface area contributed by atoms with E-state index in [0.717, 1.165) is 83.9 Å². The van der Waals surface area contributed by atoms with Gasteiger partial charge in [-0.2, -0.15) is 10.5 Å². The summed E-state index contributed by atoms with van der Waals surface area (Å²) in [5.41, 5.74) is 15.1. The molecule has 342 valence electrons. The second kappa shape index (κ2) is 19.2. The van der Waals surface area contributed by atoms with Crippen molar-refractivity contribution in [3.63, 3.8) is 0 Å². The average Bonchev–Trinajstić information content (AvgIpc) is 3.79. The lowest BCUT2D eigenvalue weighted by Gasteiger charge is -2.26. The Balaban J connectivity index is 0.993. The molecule has 12 rings (SSSR count). The summed E-state index contributed by atoms with van der Waals surface area (Å²) in [7, 11) is 0. The van der Waals surface area contributed by atoms with Crippen LogP contribution in [0.15, 0.2) is 261 Å². The molecular weight excluding hydrogens is 891 g/mol. The molecule has 0 fully saturated rings. The molecule has 0 atom stereocenters. The van der Waals surface area contributed by atoms with Gasteiger partial charge in [0.15, 0.2) is 5.82 Å². The summed E-state index contributed by atoms with van der Waals surface area (Å²) in [5, 5.41) is 23.7. The van der Waals surface area contributed by atoms with Crippen molar-refractivity contribution in [1.29, 1.82) is 10.5 Å². The number of hydrogen-bond acceptors (Lipinski definition) is 6. The first-order chi connectivity index (χ1) is 36.1. The van der Waals surface area contributed by atoms with Gasteiger partial charge in [0.25, 0.3) is 0 Å². The summed E-state index contributed by atoms with van der Waals surface area (Å²) in [5.74, 6) is 0.510. The fourth-order valence-corrected chi connectivity index (χ4v) is 9.87. The first-order valence-corrected chi connectivity index (χ1v) is 24.1. The Labute approximate surface area is 423 Å². The van der Waals surface area contributed by atoms with Crippen LogP contribution in [0.3, 0.4) is 0 Å². The lowest BCUT2D eigenvalue weighted by atomic mass is 9.92. The van der Waals surface area contributed by atoms with Crippen molar-refractivity contribution >= 4 is 55.9 Å². The highest BCUT2D eigenvalue weighted by molar-refractivity contribution is 6.12. The van der Waals surface area contributed by atoms with Gasteiger partial charge in [0.05, 0.1) is 45.7 Å². The maximum Gasteiger partial charge on any atom is 0.160 e. The van der Waals surface area contributed by atoms with E-state index in [-0.39, 0.29) is 0 Å². The topological polar surface area (TPSA) is 84.8 Å². The van der Waals surface area contributed by atoms with Crippen LogP contribution in [-0.2, 0) is 0 Å². The van der Waals surface area contributed by atoms with Crippen molar-refractivity contribution in [3.05, 3.63) is 272 Å². The fourth-order valence-electron chi connectivity index (χ4n) is 9.87. The van der Waals surface area contributed by atoms with Crippen molar-refractivity contribution < 1.29 is 0 Å². The second-order valence-electron chi connectivity index (χ2n) is 17.7. The van der Waals surface area contributed by atoms with Crippen LogP contribution in [-0.4, -0.2) is 14.5 Å². The maximum atomic E-state index is 10.8. The quantitative estimate of drug-likeness (QED) is 0.128. The Morgan fingerprint density at radius 2 is 0.726 bits per heavy atom. The van der Waals surface area contributed by atoms with Crippen LogP contribution in [0.25, 0.3) is 72.5 Å². The molecule has 0 aliphatic carbocycles. The van der Waals surface area contributed by atoms with Gasteiger partial charge in [-0.25, -0.2) is 9.97 Å². The minimum absolute atomic E-state index is 0.351. The number of anilines is 6. The molecule has 0 saturated heterocycles. The van der Waals surface area contributed by atoms with Crippen LogP contribution < -0.4 is 9.80 Å². The maximum absolute atomic E-state index is 10.8. The standard InChI is InChI=1S/C66H43N7/c67-44-50-39-49(40-51(45-68)65(50)62-43-61(47-19-7-1-8-20-47)69-66(70-62)48-21-9-2-10-22-48)46-31-33-56(34-32-46)73-63-37-35-57(71(52-23-11-3-12-24-52)53-25-13-4-14-26-53)41-59(63)60-42-58(36-38-64(60)73)72(54-27-15-5-16-28-54)55-29-17-6-18-30-55/h1-43H. The average molecular weight is 934 g/mol. The molecule has 12 aromatic rings. The largest absolute Gasteiger partial charge is 0.310 e. The van der Waals surface area contributed by atoms with Crippen molar-refractivity contribution in [3.8, 4) is 62.9 Å². The molecule has 7 heteroatoms. The first kappa shape index (κ1) is 43.9. The molecule has 0 N–H and O–H groups in total. The van der Waals surface area contributed by atoms with E-state index in [9.17, 15) is 10.5 Å². The number of para-hydroxylation sites is 4. The van der Waals surface area contributed by atoms with Gasteiger partial charge in [-0.3, -0.25) is 0 Å². The van der Waals surface area contributed by atoms with E-state index >= 15 is 0 Å². The lowest BCUT2D eigenvalue weighted by molar-refractivity contribution is 1.18. The van der Waals surface area contributed by atoms with E-state index < -0.39 is 0 Å². The number of nitriles is 2. The Hall–Kier alpha value is -10.3. The van der Waals surface area contributed by atoms with Crippen LogP contribution in [0.2, 0.25) is 0 Å². The number of nitrogens with zero attached hydrogens (tertiary/aromatic N) is 7. The van der Waals surface area contributed by atoms with Gasteiger partial charge in [-0.05, 0) is 126 Å². The van der Waals surface area contributed by atoms with Crippen molar-refractivity contribution in [2.45, 2.75) is 0 Å². The lowest BCUT2D eigenvalue weighted by Crippen LogP contribution is -2.09. The zero-order valence-corrected chi connectivity index (χ0v) is 39.5. The van der Waals surface area contributed by atoms with E-state index in [1.165, 1.54) is 0 Å². The second-order valence-corrected chi connectivity index (χ2v) is 17.7. The van der Waals surface area contributed by atoms with Gasteiger partial charge < -0.3 is 14.4 Å². The number of benzene rings is 10. The van der Waals surface area contributed by atoms with Crippen molar-refractivity contribution in [2.75, 3.05) is 9.80 Å². The number of rotatable bonds is 11. The Bertz CT molecular complexity index is 3700. The van der Waals surface area contributed by atoms with E-state index in [1.54, 1.807) is 0 Å². The number of aromatic nitrogens is 3. The van der Waals surface area contributed by atoms with Gasteiger partial charge in [0.1, 0.15) is 0 Å². The zero-order chi connectivity index (χ0) is 49.1. The highest BCUT2D eigenvalue weighted by atomic mass is 15.1. The summed E-state index contributed by atoms with van der Waals surface area (Å²) in [6.45, 7) is 0. The molecule has 7 nitrogen and oxygen atoms in total. The summed E-state index contributed by atoms with van der Waals surface area (Å²) in [4.78, 5) is 14.5. The van der Waals surface area contributed by atoms with Crippen molar-refractivity contribution in [2.24, 2.45) is 0 Å². The van der Waals surface area contributed by atoms with Crippen LogP contribution in [0.4, 0.5) is 34.1 Å². The van der Waals surface area contributed by atoms with Crippen LogP contribution in [0.5, 0.6) is 0 Å². The first-order valence-electron chi connectivity index (χ1n) is 24.1. The Morgan fingerprint density at radius 1 is 0.329 bits per heavy atom. The smallest absolute Gasteiger partial charge is 0.160 e. The molecule has 2 aromatic heterocycles. The van der Waals surface area contributed by atoms with Gasteiger partial charge >= 0.3 is 0 Å². The number of hydrogen-bond donors (Lipinski definition) is 0.